The van der Waals surface area contributed by atoms with Crippen molar-refractivity contribution in [2.45, 2.75) is 38.5 Å². The van der Waals surface area contributed by atoms with Gasteiger partial charge in [-0.05, 0) is 30.5 Å². The van der Waals surface area contributed by atoms with E-state index in [4.69, 9.17) is 4.74 Å². The molecule has 9 heteroatoms. The second kappa shape index (κ2) is 10.8. The molecule has 1 N–H and O–H groups in total. The van der Waals surface area contributed by atoms with Gasteiger partial charge in [-0.1, -0.05) is 30.3 Å². The molecule has 0 bridgehead atoms. The van der Waals surface area contributed by atoms with Crippen LogP contribution >= 0.6 is 0 Å². The molecule has 0 radical (unpaired) electrons. The summed E-state index contributed by atoms with van der Waals surface area (Å²) in [5.74, 6) is -1.60. The van der Waals surface area contributed by atoms with Crippen LogP contribution in [0.3, 0.4) is 0 Å². The topological polar surface area (TPSA) is 82.2 Å². The maximum atomic E-state index is 14.5. The van der Waals surface area contributed by atoms with E-state index in [2.05, 4.69) is 27.2 Å². The largest absolute Gasteiger partial charge is 0.377 e. The molecule has 0 aromatic heterocycles. The number of nitrogens with zero attached hydrogens (tertiary/aromatic N) is 3. The molecule has 2 fully saturated rings. The molecule has 3 aliphatic heterocycles. The molecule has 3 aliphatic rings. The fraction of sp³-hybridized carbons (Fsp3) is 0.444. The van der Waals surface area contributed by atoms with E-state index < -0.39 is 17.8 Å². The van der Waals surface area contributed by atoms with Gasteiger partial charge in [-0.2, -0.15) is 0 Å². The number of rotatable bonds is 8. The van der Waals surface area contributed by atoms with E-state index in [0.717, 1.165) is 50.4 Å². The highest BCUT2D eigenvalue weighted by Gasteiger charge is 2.41. The molecule has 36 heavy (non-hydrogen) atoms. The van der Waals surface area contributed by atoms with Crippen LogP contribution in [-0.4, -0.2) is 72.9 Å². The predicted octanol–water partition coefficient (Wildman–Crippen LogP) is 2.32. The highest BCUT2D eigenvalue weighted by molar-refractivity contribution is 6.06. The normalized spacial score (nSPS) is 20.6. The number of carbonyl (C=O) groups is 3. The van der Waals surface area contributed by atoms with Crippen molar-refractivity contribution in [3.8, 4) is 0 Å². The Hall–Kier alpha value is -3.30. The predicted molar refractivity (Wildman–Crippen MR) is 132 cm³/mol. The minimum absolute atomic E-state index is 0.191. The van der Waals surface area contributed by atoms with Crippen LogP contribution < -0.4 is 10.2 Å². The first-order valence-electron chi connectivity index (χ1n) is 12.6. The molecule has 3 heterocycles. The lowest BCUT2D eigenvalue weighted by atomic mass is 10.0. The summed E-state index contributed by atoms with van der Waals surface area (Å²) in [5.41, 5.74) is 2.96. The van der Waals surface area contributed by atoms with Crippen LogP contribution in [0.1, 0.15) is 40.7 Å². The average molecular weight is 495 g/mol. The number of piperazine rings is 1. The van der Waals surface area contributed by atoms with Crippen molar-refractivity contribution >= 4 is 23.4 Å². The number of carbonyl (C=O) groups excluding carboxylic acids is 3. The lowest BCUT2D eigenvalue weighted by Gasteiger charge is -2.37. The van der Waals surface area contributed by atoms with Gasteiger partial charge in [0, 0.05) is 69.1 Å². The Morgan fingerprint density at radius 1 is 1.03 bits per heavy atom. The molecular weight excluding hydrogens is 463 g/mol. The smallest absolute Gasteiger partial charge is 0.255 e. The summed E-state index contributed by atoms with van der Waals surface area (Å²) in [5, 5.41) is 2.31. The second-order valence-corrected chi connectivity index (χ2v) is 9.57. The summed E-state index contributed by atoms with van der Waals surface area (Å²) < 4.78 is 20.3. The SMILES string of the molecule is O=C1CCC(N2Cc3c(cc(F)cc3N3CCN(CCCOCc4ccccc4)CC3)C2=O)C(=O)N1. The third-order valence-electron chi connectivity index (χ3n) is 7.18. The molecule has 5 rings (SSSR count). The van der Waals surface area contributed by atoms with Gasteiger partial charge in [0.05, 0.1) is 6.61 Å². The van der Waals surface area contributed by atoms with Gasteiger partial charge in [-0.15, -0.1) is 0 Å². The third-order valence-corrected chi connectivity index (χ3v) is 7.18. The van der Waals surface area contributed by atoms with E-state index in [-0.39, 0.29) is 31.2 Å². The molecule has 8 nitrogen and oxygen atoms in total. The molecule has 2 aromatic carbocycles. The van der Waals surface area contributed by atoms with Crippen molar-refractivity contribution in [2.75, 3.05) is 44.2 Å². The monoisotopic (exact) mass is 494 g/mol. The first kappa shape index (κ1) is 24.4. The lowest BCUT2D eigenvalue weighted by Crippen LogP contribution is -2.52. The van der Waals surface area contributed by atoms with Crippen molar-refractivity contribution in [3.05, 3.63) is 65.0 Å². The summed E-state index contributed by atoms with van der Waals surface area (Å²) in [6.45, 7) is 5.64. The molecule has 1 atom stereocenters. The molecule has 0 spiro atoms. The zero-order chi connectivity index (χ0) is 25.1. The maximum Gasteiger partial charge on any atom is 0.255 e. The van der Waals surface area contributed by atoms with Crippen molar-refractivity contribution in [2.24, 2.45) is 0 Å². The minimum atomic E-state index is -0.709. The van der Waals surface area contributed by atoms with Crippen molar-refractivity contribution < 1.29 is 23.5 Å². The highest BCUT2D eigenvalue weighted by atomic mass is 19.1. The van der Waals surface area contributed by atoms with Crippen LogP contribution in [0.2, 0.25) is 0 Å². The van der Waals surface area contributed by atoms with E-state index >= 15 is 0 Å². The summed E-state index contributed by atoms with van der Waals surface area (Å²) in [6, 6.07) is 12.2. The first-order chi connectivity index (χ1) is 17.5. The van der Waals surface area contributed by atoms with Crippen LogP contribution in [0.5, 0.6) is 0 Å². The molecule has 1 unspecified atom stereocenters. The molecule has 190 valence electrons. The fourth-order valence-corrected chi connectivity index (χ4v) is 5.26. The number of nitrogens with one attached hydrogen (secondary N) is 1. The number of ether oxygens (including phenoxy) is 1. The van der Waals surface area contributed by atoms with Gasteiger partial charge in [0.25, 0.3) is 5.91 Å². The van der Waals surface area contributed by atoms with Crippen LogP contribution in [-0.2, 0) is 27.5 Å². The van der Waals surface area contributed by atoms with Crippen molar-refractivity contribution in [1.82, 2.24) is 15.1 Å². The zero-order valence-corrected chi connectivity index (χ0v) is 20.2. The number of benzene rings is 2. The average Bonchev–Trinajstić information content (AvgIpc) is 3.20. The van der Waals surface area contributed by atoms with Crippen molar-refractivity contribution in [3.63, 3.8) is 0 Å². The number of fused-ring (bicyclic) bond motifs is 1. The van der Waals surface area contributed by atoms with Gasteiger partial charge in [0.15, 0.2) is 0 Å². The summed E-state index contributed by atoms with van der Waals surface area (Å²) in [6.07, 6.45) is 1.42. The summed E-state index contributed by atoms with van der Waals surface area (Å²) in [7, 11) is 0. The van der Waals surface area contributed by atoms with Crippen LogP contribution in [0, 0.1) is 5.82 Å². The number of anilines is 1. The second-order valence-electron chi connectivity index (χ2n) is 9.57. The quantitative estimate of drug-likeness (QED) is 0.448. The Bertz CT molecular complexity index is 1130. The van der Waals surface area contributed by atoms with Crippen LogP contribution in [0.25, 0.3) is 0 Å². The van der Waals surface area contributed by atoms with Gasteiger partial charge in [-0.3, -0.25) is 24.6 Å². The van der Waals surface area contributed by atoms with Crippen LogP contribution in [0.4, 0.5) is 10.1 Å². The number of hydrogen-bond donors (Lipinski definition) is 1. The van der Waals surface area contributed by atoms with Crippen LogP contribution in [0.15, 0.2) is 42.5 Å². The molecule has 0 aliphatic carbocycles. The van der Waals surface area contributed by atoms with Gasteiger partial charge in [0.1, 0.15) is 11.9 Å². The summed E-state index contributed by atoms with van der Waals surface area (Å²) >= 11 is 0. The van der Waals surface area contributed by atoms with Gasteiger partial charge in [-0.25, -0.2) is 4.39 Å². The van der Waals surface area contributed by atoms with Crippen molar-refractivity contribution in [1.29, 1.82) is 0 Å². The number of hydrogen-bond acceptors (Lipinski definition) is 6. The number of piperidine rings is 1. The van der Waals surface area contributed by atoms with Gasteiger partial charge < -0.3 is 14.5 Å². The Kier molecular flexibility index (Phi) is 7.29. The molecule has 3 amide bonds. The first-order valence-corrected chi connectivity index (χ1v) is 12.6. The zero-order valence-electron chi connectivity index (χ0n) is 20.2. The maximum absolute atomic E-state index is 14.5. The minimum Gasteiger partial charge on any atom is -0.377 e. The van der Waals surface area contributed by atoms with E-state index in [1.54, 1.807) is 0 Å². The van der Waals surface area contributed by atoms with E-state index in [9.17, 15) is 18.8 Å². The standard InChI is InChI=1S/C27H31FN4O4/c28-20-15-21-22(17-32(27(21)35)23-7-8-25(33)29-26(23)34)24(16-20)31-12-10-30(11-13-31)9-4-14-36-18-19-5-2-1-3-6-19/h1-3,5-6,15-16,23H,4,7-14,17-18H2,(H,29,33,34). The number of halogens is 1. The van der Waals surface area contributed by atoms with Gasteiger partial charge in [0.2, 0.25) is 11.8 Å². The highest BCUT2D eigenvalue weighted by Crippen LogP contribution is 2.35. The Morgan fingerprint density at radius 2 is 1.81 bits per heavy atom. The number of imide groups is 1. The number of amides is 3. The molecule has 2 saturated heterocycles. The third kappa shape index (κ3) is 5.27. The molecule has 2 aromatic rings. The Balaban J connectivity index is 1.15. The van der Waals surface area contributed by atoms with E-state index in [0.29, 0.717) is 18.8 Å². The Labute approximate surface area is 210 Å². The molecule has 0 saturated carbocycles. The van der Waals surface area contributed by atoms with E-state index in [1.165, 1.54) is 22.6 Å². The lowest BCUT2D eigenvalue weighted by molar-refractivity contribution is -0.136. The fourth-order valence-electron chi connectivity index (χ4n) is 5.26. The molecular formula is C27H31FN4O4. The Morgan fingerprint density at radius 3 is 2.56 bits per heavy atom. The summed E-state index contributed by atoms with van der Waals surface area (Å²) in [4.78, 5) is 42.9. The van der Waals surface area contributed by atoms with E-state index in [1.807, 2.05) is 18.2 Å². The van der Waals surface area contributed by atoms with Gasteiger partial charge >= 0.3 is 0 Å².